The lowest BCUT2D eigenvalue weighted by Gasteiger charge is -2.38. The molecule has 0 N–H and O–H groups in total. The number of rotatable bonds is 3. The highest BCUT2D eigenvalue weighted by Crippen LogP contribution is 2.58. The molecule has 0 saturated heterocycles. The molecule has 0 bridgehead atoms. The predicted octanol–water partition coefficient (Wildman–Crippen LogP) is 8.95. The lowest BCUT2D eigenvalue weighted by Crippen LogP contribution is -2.35. The Morgan fingerprint density at radius 1 is 0.795 bits per heavy atom. The van der Waals surface area contributed by atoms with Gasteiger partial charge in [-0.15, -0.1) is 0 Å². The smallest absolute Gasteiger partial charge is 0.178 e. The summed E-state index contributed by atoms with van der Waals surface area (Å²) in [4.78, 5) is 0. The maximum atomic E-state index is 14.9. The molecule has 1 unspecified atom stereocenters. The van der Waals surface area contributed by atoms with E-state index in [2.05, 4.69) is 63.3 Å². The van der Waals surface area contributed by atoms with E-state index >= 15 is 0 Å². The third kappa shape index (κ3) is 3.32. The standard InChI is InChI=1S/C36H29FO2/c1-22-10-16-28-31(20-22)35(2,3)33-29-18-19-36(23-8-6-5-7-9-23,24-11-14-26(38-4)15-12-24)39-34(29)30-21-25(37)13-17-27(30)32(28)33/h5-21H,1-4H3. The van der Waals surface area contributed by atoms with Crippen molar-refractivity contribution in [3.05, 3.63) is 136 Å². The van der Waals surface area contributed by atoms with Crippen molar-refractivity contribution in [2.24, 2.45) is 0 Å². The van der Waals surface area contributed by atoms with Crippen LogP contribution >= 0.6 is 0 Å². The van der Waals surface area contributed by atoms with Crippen LogP contribution in [0.25, 0.3) is 28.0 Å². The Morgan fingerprint density at radius 2 is 1.54 bits per heavy atom. The zero-order chi connectivity index (χ0) is 26.9. The number of ether oxygens (including phenoxy) is 2. The third-order valence-electron chi connectivity index (χ3n) is 8.47. The van der Waals surface area contributed by atoms with E-state index in [1.165, 1.54) is 27.8 Å². The molecular formula is C36H29FO2. The minimum Gasteiger partial charge on any atom is -0.497 e. The Labute approximate surface area is 228 Å². The molecule has 2 aliphatic rings. The first-order valence-corrected chi connectivity index (χ1v) is 13.3. The maximum Gasteiger partial charge on any atom is 0.178 e. The highest BCUT2D eigenvalue weighted by atomic mass is 19.1. The van der Waals surface area contributed by atoms with Crippen LogP contribution in [0.1, 0.15) is 47.2 Å². The van der Waals surface area contributed by atoms with Crippen LogP contribution in [0.2, 0.25) is 0 Å². The van der Waals surface area contributed by atoms with E-state index < -0.39 is 5.60 Å². The Bertz CT molecular complexity index is 1800. The normalized spacial score (nSPS) is 18.3. The van der Waals surface area contributed by atoms with Gasteiger partial charge in [0.15, 0.2) is 5.60 Å². The Kier molecular flexibility index (Phi) is 5.06. The second-order valence-corrected chi connectivity index (χ2v) is 11.1. The van der Waals surface area contributed by atoms with E-state index in [0.717, 1.165) is 33.2 Å². The van der Waals surface area contributed by atoms with Crippen molar-refractivity contribution in [2.45, 2.75) is 31.8 Å². The molecule has 0 radical (unpaired) electrons. The van der Waals surface area contributed by atoms with E-state index in [4.69, 9.17) is 9.47 Å². The van der Waals surface area contributed by atoms with Crippen molar-refractivity contribution in [3.63, 3.8) is 0 Å². The van der Waals surface area contributed by atoms with Crippen LogP contribution in [0.15, 0.2) is 97.1 Å². The molecule has 1 aliphatic carbocycles. The molecule has 0 spiro atoms. The number of halogens is 1. The minimum atomic E-state index is -0.889. The summed E-state index contributed by atoms with van der Waals surface area (Å²) in [5.41, 5.74) is 7.99. The molecule has 0 amide bonds. The summed E-state index contributed by atoms with van der Waals surface area (Å²) in [6.45, 7) is 6.70. The van der Waals surface area contributed by atoms with Crippen LogP contribution < -0.4 is 9.47 Å². The fraction of sp³-hybridized carbons (Fsp3) is 0.167. The van der Waals surface area contributed by atoms with Crippen molar-refractivity contribution < 1.29 is 13.9 Å². The van der Waals surface area contributed by atoms with Gasteiger partial charge in [-0.3, -0.25) is 0 Å². The molecule has 5 aromatic rings. The van der Waals surface area contributed by atoms with Gasteiger partial charge in [-0.25, -0.2) is 4.39 Å². The average Bonchev–Trinajstić information content (AvgIpc) is 3.19. The predicted molar refractivity (Wildman–Crippen MR) is 156 cm³/mol. The van der Waals surface area contributed by atoms with Crippen LogP contribution in [0.5, 0.6) is 11.5 Å². The van der Waals surface area contributed by atoms with E-state index in [1.807, 2.05) is 48.5 Å². The highest BCUT2D eigenvalue weighted by molar-refractivity contribution is 6.08. The number of hydrogen-bond donors (Lipinski definition) is 0. The quantitative estimate of drug-likeness (QED) is 0.240. The summed E-state index contributed by atoms with van der Waals surface area (Å²) in [5.74, 6) is 1.21. The van der Waals surface area contributed by atoms with Crippen molar-refractivity contribution in [1.29, 1.82) is 0 Å². The molecular weight excluding hydrogens is 483 g/mol. The van der Waals surface area contributed by atoms with Crippen molar-refractivity contribution in [3.8, 4) is 22.6 Å². The fourth-order valence-corrected chi connectivity index (χ4v) is 6.57. The van der Waals surface area contributed by atoms with Crippen LogP contribution in [-0.2, 0) is 11.0 Å². The zero-order valence-corrected chi connectivity index (χ0v) is 22.5. The average molecular weight is 513 g/mol. The first-order chi connectivity index (χ1) is 18.8. The van der Waals surface area contributed by atoms with Crippen LogP contribution in [0, 0.1) is 12.7 Å². The van der Waals surface area contributed by atoms with Gasteiger partial charge in [0, 0.05) is 27.5 Å². The first-order valence-electron chi connectivity index (χ1n) is 13.3. The maximum absolute atomic E-state index is 14.9. The molecule has 5 aromatic carbocycles. The second kappa shape index (κ2) is 8.31. The van der Waals surface area contributed by atoms with Gasteiger partial charge in [0.05, 0.1) is 7.11 Å². The SMILES string of the molecule is COc1ccc(C2(c3ccccc3)C=Cc3c4c(c5ccc(F)cc5c3O2)-c2ccc(C)cc2C4(C)C)cc1. The fourth-order valence-electron chi connectivity index (χ4n) is 6.57. The van der Waals surface area contributed by atoms with Gasteiger partial charge in [0.1, 0.15) is 17.3 Å². The van der Waals surface area contributed by atoms with E-state index in [9.17, 15) is 4.39 Å². The Balaban J connectivity index is 1.56. The molecule has 1 aliphatic heterocycles. The molecule has 2 nitrogen and oxygen atoms in total. The number of hydrogen-bond acceptors (Lipinski definition) is 2. The largest absolute Gasteiger partial charge is 0.497 e. The Hall–Kier alpha value is -4.37. The molecule has 0 saturated carbocycles. The summed E-state index contributed by atoms with van der Waals surface area (Å²) in [6, 6.07) is 30.0. The van der Waals surface area contributed by atoms with Crippen LogP contribution in [0.4, 0.5) is 4.39 Å². The van der Waals surface area contributed by atoms with Crippen molar-refractivity contribution in [1.82, 2.24) is 0 Å². The molecule has 39 heavy (non-hydrogen) atoms. The van der Waals surface area contributed by atoms with Gasteiger partial charge in [0.2, 0.25) is 0 Å². The zero-order valence-electron chi connectivity index (χ0n) is 22.5. The molecule has 0 aromatic heterocycles. The Morgan fingerprint density at radius 3 is 2.28 bits per heavy atom. The number of benzene rings is 5. The third-order valence-corrected chi connectivity index (χ3v) is 8.47. The van der Waals surface area contributed by atoms with E-state index in [0.29, 0.717) is 5.75 Å². The summed E-state index contributed by atoms with van der Waals surface area (Å²) in [5, 5.41) is 1.79. The van der Waals surface area contributed by atoms with Crippen LogP contribution in [-0.4, -0.2) is 7.11 Å². The van der Waals surface area contributed by atoms with Gasteiger partial charge in [-0.1, -0.05) is 92.2 Å². The summed E-state index contributed by atoms with van der Waals surface area (Å²) in [6.07, 6.45) is 4.35. The second-order valence-electron chi connectivity index (χ2n) is 11.1. The molecule has 1 heterocycles. The van der Waals surface area contributed by atoms with Gasteiger partial charge >= 0.3 is 0 Å². The summed E-state index contributed by atoms with van der Waals surface area (Å²) < 4.78 is 27.5. The number of methoxy groups -OCH3 is 1. The van der Waals surface area contributed by atoms with Gasteiger partial charge in [-0.2, -0.15) is 0 Å². The van der Waals surface area contributed by atoms with E-state index in [1.54, 1.807) is 19.2 Å². The lowest BCUT2D eigenvalue weighted by atomic mass is 9.76. The van der Waals surface area contributed by atoms with Crippen molar-refractivity contribution in [2.75, 3.05) is 7.11 Å². The van der Waals surface area contributed by atoms with E-state index in [-0.39, 0.29) is 11.2 Å². The van der Waals surface area contributed by atoms with Gasteiger partial charge in [-0.05, 0) is 64.9 Å². The van der Waals surface area contributed by atoms with Gasteiger partial charge in [0.25, 0.3) is 0 Å². The lowest BCUT2D eigenvalue weighted by molar-refractivity contribution is 0.163. The summed E-state index contributed by atoms with van der Waals surface area (Å²) >= 11 is 0. The molecule has 3 heteroatoms. The minimum absolute atomic E-state index is 0.246. The topological polar surface area (TPSA) is 18.5 Å². The monoisotopic (exact) mass is 512 g/mol. The highest BCUT2D eigenvalue weighted by Gasteiger charge is 2.44. The molecule has 0 fully saturated rings. The summed E-state index contributed by atoms with van der Waals surface area (Å²) in [7, 11) is 1.66. The van der Waals surface area contributed by atoms with Crippen molar-refractivity contribution >= 4 is 16.8 Å². The van der Waals surface area contributed by atoms with Crippen LogP contribution in [0.3, 0.4) is 0 Å². The van der Waals surface area contributed by atoms with Gasteiger partial charge < -0.3 is 9.47 Å². The number of fused-ring (bicyclic) bond motifs is 8. The number of aryl methyl sites for hydroxylation is 1. The first kappa shape index (κ1) is 23.7. The molecule has 1 atom stereocenters. The molecule has 7 rings (SSSR count). The molecule has 192 valence electrons.